The van der Waals surface area contributed by atoms with Crippen molar-refractivity contribution in [1.82, 2.24) is 15.1 Å². The molecule has 4 unspecified atom stereocenters. The first-order valence-electron chi connectivity index (χ1n) is 33.4. The summed E-state index contributed by atoms with van der Waals surface area (Å²) < 4.78 is 0.275. The van der Waals surface area contributed by atoms with E-state index in [2.05, 4.69) is 72.8 Å². The Kier molecular flexibility index (Phi) is 42.0. The molecule has 3 N–H and O–H groups in total. The van der Waals surface area contributed by atoms with Crippen LogP contribution in [0.3, 0.4) is 0 Å². The molecule has 2 saturated heterocycles. The SMILES string of the molecule is C.CC(C)(C)C1CC(=O)N(C(C)(C)C)C1=O.CC(C)(C)CC(=O)C(CC(=O)O)SC(C)(C)C.CC(C)(C)CC(=O)CC(SC(C)(C)C)C(=O)O.CC(C)(C)NC(=O)C(C)(C)C.CC(C)(C)ON=C(CSC(C)(C)C)CSC(C)(C)C.CC(C)(C)SC1CC(=O)N(C(C)(C)C)C1=O. The number of thioether (sulfide) groups is 5. The van der Waals surface area contributed by atoms with Gasteiger partial charge in [0.1, 0.15) is 22.4 Å². The number of imide groups is 2. The minimum atomic E-state index is -0.908. The van der Waals surface area contributed by atoms with Crippen molar-refractivity contribution in [2.75, 3.05) is 11.5 Å². The number of hydrogen-bond acceptors (Lipinski definition) is 16. The Morgan fingerprint density at radius 2 is 0.885 bits per heavy atom. The quantitative estimate of drug-likeness (QED) is 0.0740. The summed E-state index contributed by atoms with van der Waals surface area (Å²) in [6.07, 6.45) is 1.60. The van der Waals surface area contributed by atoms with Gasteiger partial charge in [0.2, 0.25) is 29.5 Å². The minimum absolute atomic E-state index is 0. The third-order valence-electron chi connectivity index (χ3n) is 11.9. The minimum Gasteiger partial charge on any atom is -0.481 e. The predicted molar refractivity (Wildman–Crippen MR) is 418 cm³/mol. The van der Waals surface area contributed by atoms with E-state index in [0.717, 1.165) is 17.2 Å². The lowest BCUT2D eigenvalue weighted by atomic mass is 9.80. The summed E-state index contributed by atoms with van der Waals surface area (Å²) in [5.74, 6) is -0.0494. The van der Waals surface area contributed by atoms with Gasteiger partial charge in [0.25, 0.3) is 0 Å². The normalized spacial score (nSPS) is 16.8. The number of nitrogens with one attached hydrogen (secondary N) is 1. The first-order chi connectivity index (χ1) is 41.3. The summed E-state index contributed by atoms with van der Waals surface area (Å²) in [7, 11) is 0. The van der Waals surface area contributed by atoms with Crippen LogP contribution in [0.4, 0.5) is 0 Å². The second-order valence-electron chi connectivity index (χ2n) is 38.2. The lowest BCUT2D eigenvalue weighted by molar-refractivity contribution is -0.146. The van der Waals surface area contributed by atoms with E-state index >= 15 is 0 Å². The highest BCUT2D eigenvalue weighted by atomic mass is 32.2. The number of carbonyl (C=O) groups excluding carboxylic acids is 7. The summed E-state index contributed by atoms with van der Waals surface area (Å²) in [5.41, 5.74) is -0.585. The standard InChI is InChI=1S/C15H31NOS2.2C13H24O3S.C12H21NO2S.C12H21NO2.C9H19NO.CH4/c1-13(2,3)17-16-12(10-18-14(4,5)6)11-19-15(7,8)9;1-12(2,3)8-9(14)10(7-11(15)16)17-13(4,5)6;1-12(2,3)8-9(14)7-10(11(15)16)17-13(4,5)6;1-11(2,3)13-9(14)7-8(10(13)15)16-12(4,5)6;1-11(2,3)8-7-9(14)13(10(8)15)12(4,5)6;1-8(2,3)7(11)10-9(4,5)6;/h10-11H2,1-9H3;2*10H,7-8H2,1-6H3,(H,15,16);8H,7H2,1-6H3;8H,7H2,1-6H3;1-6H3,(H,10,11);1H4. The van der Waals surface area contributed by atoms with Gasteiger partial charge in [0.15, 0.2) is 0 Å². The predicted octanol–water partition coefficient (Wildman–Crippen LogP) is 19.2. The second kappa shape index (κ2) is 39.6. The number of ketones is 2. The summed E-state index contributed by atoms with van der Waals surface area (Å²) >= 11 is 8.21. The number of amides is 5. The average molecular weight is 1450 g/mol. The Balaban J connectivity index is -0.000000346. The Labute approximate surface area is 608 Å². The van der Waals surface area contributed by atoms with E-state index in [4.69, 9.17) is 15.1 Å². The van der Waals surface area contributed by atoms with Crippen LogP contribution in [0.1, 0.15) is 316 Å². The van der Waals surface area contributed by atoms with E-state index < -0.39 is 33.5 Å². The molecule has 16 nitrogen and oxygen atoms in total. The number of carboxylic acids is 2. The van der Waals surface area contributed by atoms with Crippen LogP contribution in [-0.2, 0) is 48.0 Å². The molecule has 2 aliphatic heterocycles. The fourth-order valence-corrected chi connectivity index (χ4v) is 13.6. The van der Waals surface area contributed by atoms with E-state index in [-0.39, 0.29) is 129 Å². The van der Waals surface area contributed by atoms with E-state index in [1.54, 1.807) is 11.8 Å². The monoisotopic (exact) mass is 1450 g/mol. The van der Waals surface area contributed by atoms with E-state index in [1.807, 2.05) is 231 Å². The Hall–Kier alpha value is -2.75. The molecule has 0 aromatic rings. The molecule has 0 saturated carbocycles. The molecule has 0 aromatic heterocycles. The maximum atomic E-state index is 12.1. The van der Waals surface area contributed by atoms with E-state index in [9.17, 15) is 43.2 Å². The van der Waals surface area contributed by atoms with Crippen LogP contribution >= 0.6 is 58.8 Å². The smallest absolute Gasteiger partial charge is 0.317 e. The summed E-state index contributed by atoms with van der Waals surface area (Å²) in [6.45, 7) is 78.6. The van der Waals surface area contributed by atoms with Crippen molar-refractivity contribution in [3.8, 4) is 0 Å². The first-order valence-corrected chi connectivity index (χ1v) is 38.0. The van der Waals surface area contributed by atoms with Crippen molar-refractivity contribution >= 4 is 118 Å². The number of nitrogens with zero attached hydrogens (tertiary/aromatic N) is 3. The third-order valence-corrected chi connectivity index (χ3v) is 18.8. The molecular formula is C75H144N4O12S5. The molecule has 0 radical (unpaired) electrons. The highest BCUT2D eigenvalue weighted by molar-refractivity contribution is 8.03. The molecule has 566 valence electrons. The first kappa shape index (κ1) is 102. The van der Waals surface area contributed by atoms with E-state index in [0.29, 0.717) is 25.7 Å². The van der Waals surface area contributed by atoms with Crippen molar-refractivity contribution < 1.29 is 58.2 Å². The van der Waals surface area contributed by atoms with Gasteiger partial charge in [-0.3, -0.25) is 53.0 Å². The number of hydrogen-bond donors (Lipinski definition) is 3. The van der Waals surface area contributed by atoms with Gasteiger partial charge >= 0.3 is 11.9 Å². The molecule has 2 aliphatic rings. The van der Waals surface area contributed by atoms with Crippen molar-refractivity contribution in [3.05, 3.63) is 0 Å². The number of rotatable bonds is 16. The fourth-order valence-electron chi connectivity index (χ4n) is 8.18. The highest BCUT2D eigenvalue weighted by Gasteiger charge is 2.49. The molecule has 2 fully saturated rings. The van der Waals surface area contributed by atoms with Gasteiger partial charge in [0, 0.05) is 89.4 Å². The lowest BCUT2D eigenvalue weighted by Gasteiger charge is -2.32. The zero-order valence-corrected chi connectivity index (χ0v) is 71.4. The lowest BCUT2D eigenvalue weighted by Crippen LogP contribution is -2.46. The summed E-state index contributed by atoms with van der Waals surface area (Å²) in [5, 5.41) is 24.0. The van der Waals surface area contributed by atoms with Crippen LogP contribution in [0.5, 0.6) is 0 Å². The maximum absolute atomic E-state index is 12.1. The molecule has 0 spiro atoms. The zero-order chi connectivity index (χ0) is 77.1. The number of aliphatic carboxylic acids is 2. The largest absolute Gasteiger partial charge is 0.481 e. The molecule has 96 heavy (non-hydrogen) atoms. The molecule has 0 aliphatic carbocycles. The van der Waals surface area contributed by atoms with Crippen molar-refractivity contribution in [2.45, 2.75) is 378 Å². The molecular weight excluding hydrogens is 1310 g/mol. The number of carbonyl (C=O) groups is 9. The maximum Gasteiger partial charge on any atom is 0.317 e. The summed E-state index contributed by atoms with van der Waals surface area (Å²) in [6, 6.07) is 0. The van der Waals surface area contributed by atoms with Gasteiger partial charge in [-0.15, -0.1) is 58.8 Å². The van der Waals surface area contributed by atoms with Crippen LogP contribution in [0.15, 0.2) is 5.16 Å². The van der Waals surface area contributed by atoms with E-state index in [1.165, 1.54) is 33.3 Å². The van der Waals surface area contributed by atoms with Gasteiger partial charge in [0.05, 0.1) is 28.6 Å². The van der Waals surface area contributed by atoms with Gasteiger partial charge in [-0.05, 0) is 99.3 Å². The molecule has 2 rings (SSSR count). The average Bonchev–Trinajstić information content (AvgIpc) is 1.64. The molecule has 21 heteroatoms. The Morgan fingerprint density at radius 3 is 1.14 bits per heavy atom. The number of carboxylic acid groups (broad SMARTS) is 2. The Bertz CT molecular complexity index is 2490. The Morgan fingerprint density at radius 1 is 0.510 bits per heavy atom. The topological polar surface area (TPSA) is 234 Å². The number of likely N-dealkylation sites (tertiary alicyclic amines) is 2. The third kappa shape index (κ3) is 54.1. The van der Waals surface area contributed by atoms with Crippen LogP contribution < -0.4 is 5.32 Å². The molecule has 2 heterocycles. The van der Waals surface area contributed by atoms with Gasteiger partial charge in [-0.2, -0.15) is 0 Å². The van der Waals surface area contributed by atoms with Crippen LogP contribution in [0.2, 0.25) is 0 Å². The van der Waals surface area contributed by atoms with Crippen molar-refractivity contribution in [2.24, 2.45) is 32.7 Å². The van der Waals surface area contributed by atoms with Gasteiger partial charge in [-0.1, -0.05) is 200 Å². The van der Waals surface area contributed by atoms with Crippen LogP contribution in [0, 0.1) is 27.6 Å². The molecule has 5 amide bonds. The molecule has 4 atom stereocenters. The van der Waals surface area contributed by atoms with Crippen LogP contribution in [-0.4, -0.2) is 152 Å². The van der Waals surface area contributed by atoms with Crippen molar-refractivity contribution in [3.63, 3.8) is 0 Å². The van der Waals surface area contributed by atoms with Gasteiger partial charge < -0.3 is 20.4 Å². The second-order valence-corrected chi connectivity index (χ2v) is 47.9. The molecule has 0 aromatic carbocycles. The highest BCUT2D eigenvalue weighted by Crippen LogP contribution is 2.40. The molecule has 0 bridgehead atoms. The number of Topliss-reactive ketones (excluding diaryl/α,β-unsaturated/α-hetero) is 2. The number of oxime groups is 1. The zero-order valence-electron chi connectivity index (χ0n) is 67.3. The van der Waals surface area contributed by atoms with Crippen LogP contribution in [0.25, 0.3) is 0 Å². The van der Waals surface area contributed by atoms with Crippen molar-refractivity contribution in [1.29, 1.82) is 0 Å². The fraction of sp³-hybridized carbons (Fsp3) is 0.867. The van der Waals surface area contributed by atoms with Gasteiger partial charge in [-0.25, -0.2) is 0 Å². The summed E-state index contributed by atoms with van der Waals surface area (Å²) in [4.78, 5) is 113.